The van der Waals surface area contributed by atoms with Crippen molar-refractivity contribution in [1.29, 1.82) is 0 Å². The monoisotopic (exact) mass is 444 g/mol. The zero-order valence-corrected chi connectivity index (χ0v) is 18.1. The number of aromatic amines is 1. The van der Waals surface area contributed by atoms with Crippen LogP contribution < -0.4 is 15.6 Å². The molecule has 3 aromatic rings. The van der Waals surface area contributed by atoms with Crippen molar-refractivity contribution in [3.05, 3.63) is 59.2 Å². The number of carbonyl (C=O) groups excluding carboxylic acids is 1. The van der Waals surface area contributed by atoms with E-state index in [4.69, 9.17) is 17.3 Å². The molecule has 1 amide bonds. The van der Waals surface area contributed by atoms with Crippen molar-refractivity contribution < 1.29 is 18.2 Å². The van der Waals surface area contributed by atoms with Gasteiger partial charge >= 0.3 is 0 Å². The molecule has 4 rings (SSSR count). The first kappa shape index (κ1) is 20.6. The molecule has 1 aliphatic heterocycles. The standard InChI is InChI=1S/C22H22ClN3O3S/c1-14-2-5-17(6-3-14)30(28,29)20-13-25-19-7-4-16(23)12-18(19)21(20)26-10-8-15(9-11-26)22(24)27/h2-7,12-13,15H,8-11H2,1H3,(H2,24,27)/p+1. The van der Waals surface area contributed by atoms with E-state index in [1.807, 2.05) is 17.9 Å². The highest BCUT2D eigenvalue weighted by molar-refractivity contribution is 7.91. The van der Waals surface area contributed by atoms with Gasteiger partial charge in [0.15, 0.2) is 11.1 Å². The number of halogens is 1. The molecule has 0 radical (unpaired) electrons. The van der Waals surface area contributed by atoms with Gasteiger partial charge in [0.25, 0.3) is 0 Å². The number of amides is 1. The lowest BCUT2D eigenvalue weighted by atomic mass is 9.95. The van der Waals surface area contributed by atoms with Gasteiger partial charge in [-0.05, 0) is 44.0 Å². The summed E-state index contributed by atoms with van der Waals surface area (Å²) in [7, 11) is -3.78. The summed E-state index contributed by atoms with van der Waals surface area (Å²) in [6, 6.07) is 12.2. The maximum Gasteiger partial charge on any atom is 0.220 e. The van der Waals surface area contributed by atoms with Crippen LogP contribution >= 0.6 is 11.6 Å². The first-order valence-corrected chi connectivity index (χ1v) is 11.6. The molecule has 1 saturated heterocycles. The van der Waals surface area contributed by atoms with Crippen molar-refractivity contribution in [3.8, 4) is 0 Å². The van der Waals surface area contributed by atoms with Crippen LogP contribution in [0.2, 0.25) is 5.02 Å². The summed E-state index contributed by atoms with van der Waals surface area (Å²) < 4.78 is 27.1. The van der Waals surface area contributed by atoms with Crippen molar-refractivity contribution >= 4 is 43.9 Å². The van der Waals surface area contributed by atoms with Crippen molar-refractivity contribution in [3.63, 3.8) is 0 Å². The van der Waals surface area contributed by atoms with E-state index in [1.54, 1.807) is 42.6 Å². The molecule has 2 heterocycles. The van der Waals surface area contributed by atoms with E-state index in [0.29, 0.717) is 36.6 Å². The van der Waals surface area contributed by atoms with Crippen molar-refractivity contribution in [2.24, 2.45) is 11.7 Å². The number of nitrogens with one attached hydrogen (secondary N) is 1. The van der Waals surface area contributed by atoms with E-state index in [-0.39, 0.29) is 21.6 Å². The lowest BCUT2D eigenvalue weighted by molar-refractivity contribution is -0.347. The number of rotatable bonds is 4. The number of hydrogen-bond donors (Lipinski definition) is 1. The van der Waals surface area contributed by atoms with Crippen molar-refractivity contribution in [2.45, 2.75) is 29.6 Å². The summed E-state index contributed by atoms with van der Waals surface area (Å²) in [4.78, 5) is 17.1. The number of sulfone groups is 1. The van der Waals surface area contributed by atoms with Crippen LogP contribution in [0.5, 0.6) is 0 Å². The van der Waals surface area contributed by atoms with Crippen LogP contribution in [0.3, 0.4) is 0 Å². The molecule has 0 unspecified atom stereocenters. The van der Waals surface area contributed by atoms with Gasteiger partial charge in [0.2, 0.25) is 21.3 Å². The number of aromatic nitrogens is 1. The normalized spacial score (nSPS) is 15.5. The molecule has 0 saturated carbocycles. The minimum Gasteiger partial charge on any atom is -0.370 e. The van der Waals surface area contributed by atoms with E-state index >= 15 is 0 Å². The second-order valence-corrected chi connectivity index (χ2v) is 10.0. The summed E-state index contributed by atoms with van der Waals surface area (Å²) >= 11 is 6.25. The molecular weight excluding hydrogens is 422 g/mol. The third-order valence-electron chi connectivity index (χ3n) is 5.66. The zero-order valence-electron chi connectivity index (χ0n) is 16.6. The first-order valence-electron chi connectivity index (χ1n) is 9.77. The van der Waals surface area contributed by atoms with Gasteiger partial charge in [-0.3, -0.25) is 4.79 Å². The number of carbonyl (C=O) groups is 1. The number of primary amides is 1. The van der Waals surface area contributed by atoms with E-state index in [0.717, 1.165) is 16.5 Å². The van der Waals surface area contributed by atoms with E-state index in [9.17, 15) is 13.2 Å². The van der Waals surface area contributed by atoms with Crippen LogP contribution in [0, 0.1) is 12.8 Å². The largest absolute Gasteiger partial charge is 0.370 e. The highest BCUT2D eigenvalue weighted by atomic mass is 35.5. The topological polar surface area (TPSA) is 94.6 Å². The summed E-state index contributed by atoms with van der Waals surface area (Å²) in [5.41, 5.74) is 7.85. The van der Waals surface area contributed by atoms with Gasteiger partial charge in [-0.2, -0.15) is 0 Å². The average Bonchev–Trinajstić information content (AvgIpc) is 2.73. The summed E-state index contributed by atoms with van der Waals surface area (Å²) in [5.74, 6) is -0.500. The van der Waals surface area contributed by atoms with Gasteiger partial charge < -0.3 is 10.6 Å². The van der Waals surface area contributed by atoms with Crippen molar-refractivity contribution in [1.82, 2.24) is 0 Å². The number of nitrogens with two attached hydrogens (primary N) is 1. The molecule has 0 atom stereocenters. The molecule has 1 aromatic heterocycles. The predicted octanol–water partition coefficient (Wildman–Crippen LogP) is 3.15. The van der Waals surface area contributed by atoms with E-state index < -0.39 is 9.84 Å². The minimum atomic E-state index is -3.78. The molecule has 1 fully saturated rings. The third kappa shape index (κ3) is 3.75. The van der Waals surface area contributed by atoms with Crippen LogP contribution in [-0.4, -0.2) is 27.4 Å². The molecular formula is C22H23ClN3O3S+. The molecule has 8 heteroatoms. The molecule has 156 valence electrons. The summed E-state index contributed by atoms with van der Waals surface area (Å²) in [5, 5.41) is 1.25. The van der Waals surface area contributed by atoms with Crippen LogP contribution in [-0.2, 0) is 14.6 Å². The van der Waals surface area contributed by atoms with Crippen LogP contribution in [0.25, 0.3) is 10.9 Å². The van der Waals surface area contributed by atoms with E-state index in [2.05, 4.69) is 4.98 Å². The molecule has 3 N–H and O–H groups in total. The fraction of sp³-hybridized carbons (Fsp3) is 0.273. The number of pyridine rings is 1. The molecule has 2 aromatic carbocycles. The third-order valence-corrected chi connectivity index (χ3v) is 7.68. The highest BCUT2D eigenvalue weighted by Gasteiger charge is 2.32. The second kappa shape index (κ2) is 7.89. The average molecular weight is 445 g/mol. The molecule has 0 spiro atoms. The zero-order chi connectivity index (χ0) is 21.5. The lowest BCUT2D eigenvalue weighted by Gasteiger charge is -2.33. The summed E-state index contributed by atoms with van der Waals surface area (Å²) in [6.45, 7) is 2.99. The molecule has 0 aliphatic carbocycles. The van der Waals surface area contributed by atoms with Crippen LogP contribution in [0.1, 0.15) is 18.4 Å². The number of nitrogens with zero attached hydrogens (tertiary/aromatic N) is 1. The number of fused-ring (bicyclic) bond motifs is 1. The van der Waals surface area contributed by atoms with Crippen LogP contribution in [0.4, 0.5) is 5.69 Å². The second-order valence-electron chi connectivity index (χ2n) is 7.67. The molecule has 6 nitrogen and oxygen atoms in total. The Morgan fingerprint density at radius 3 is 2.43 bits per heavy atom. The Morgan fingerprint density at radius 1 is 1.13 bits per heavy atom. The van der Waals surface area contributed by atoms with Crippen molar-refractivity contribution in [2.75, 3.05) is 18.0 Å². The lowest BCUT2D eigenvalue weighted by Crippen LogP contribution is -2.39. The Balaban J connectivity index is 1.89. The number of hydrogen-bond acceptors (Lipinski definition) is 4. The fourth-order valence-corrected chi connectivity index (χ4v) is 5.57. The first-order chi connectivity index (χ1) is 14.3. The van der Waals surface area contributed by atoms with Gasteiger partial charge in [-0.25, -0.2) is 13.4 Å². The quantitative estimate of drug-likeness (QED) is 0.668. The van der Waals surface area contributed by atoms with Crippen LogP contribution in [0.15, 0.2) is 58.5 Å². The van der Waals surface area contributed by atoms with Gasteiger partial charge in [-0.15, -0.1) is 0 Å². The maximum atomic E-state index is 13.6. The number of anilines is 1. The van der Waals surface area contributed by atoms with Gasteiger partial charge in [0.1, 0.15) is 0 Å². The number of benzene rings is 2. The molecule has 30 heavy (non-hydrogen) atoms. The van der Waals surface area contributed by atoms with Gasteiger partial charge in [-0.1, -0.05) is 29.3 Å². The van der Waals surface area contributed by atoms with Gasteiger partial charge in [0, 0.05) is 30.1 Å². The maximum absolute atomic E-state index is 13.6. The Morgan fingerprint density at radius 2 is 1.80 bits per heavy atom. The fourth-order valence-electron chi connectivity index (χ4n) is 3.95. The Hall–Kier alpha value is -2.64. The smallest absolute Gasteiger partial charge is 0.220 e. The Kier molecular flexibility index (Phi) is 5.42. The number of aryl methyl sites for hydroxylation is 1. The molecule has 1 aliphatic rings. The predicted molar refractivity (Wildman–Crippen MR) is 116 cm³/mol. The highest BCUT2D eigenvalue weighted by Crippen LogP contribution is 2.37. The Labute approximate surface area is 180 Å². The summed E-state index contributed by atoms with van der Waals surface area (Å²) in [6.07, 6.45) is 2.71. The number of piperidine rings is 1. The Bertz CT molecular complexity index is 1220. The van der Waals surface area contributed by atoms with Gasteiger partial charge in [0.05, 0.1) is 16.0 Å². The van der Waals surface area contributed by atoms with E-state index in [1.165, 1.54) is 0 Å². The number of H-pyrrole nitrogens is 1. The molecule has 0 bridgehead atoms. The minimum absolute atomic E-state index is 0.191. The SMILES string of the molecule is Cc1ccc(S(=O)(=O)c2c[nH+]c3ccc(Cl)cc3c2N2CCC(C(N)=O)CC2)cc1.